The van der Waals surface area contributed by atoms with E-state index in [1.807, 2.05) is 0 Å². The first-order valence-electron chi connectivity index (χ1n) is 5.52. The zero-order chi connectivity index (χ0) is 11.1. The number of rotatable bonds is 3. The molecular formula is C11H16F2O2. The van der Waals surface area contributed by atoms with E-state index in [1.165, 1.54) is 19.3 Å². The average molecular weight is 218 g/mol. The molecule has 0 saturated heterocycles. The molecule has 0 aromatic carbocycles. The van der Waals surface area contributed by atoms with Crippen LogP contribution in [0.4, 0.5) is 8.78 Å². The van der Waals surface area contributed by atoms with E-state index in [1.54, 1.807) is 0 Å². The van der Waals surface area contributed by atoms with Gasteiger partial charge in [0.25, 0.3) is 0 Å². The molecule has 0 aromatic rings. The molecule has 86 valence electrons. The fourth-order valence-electron chi connectivity index (χ4n) is 2.62. The first-order valence-corrected chi connectivity index (χ1v) is 5.52. The van der Waals surface area contributed by atoms with E-state index in [-0.39, 0.29) is 6.61 Å². The fourth-order valence-corrected chi connectivity index (χ4v) is 2.62. The van der Waals surface area contributed by atoms with E-state index in [4.69, 9.17) is 0 Å². The van der Waals surface area contributed by atoms with Gasteiger partial charge in [-0.3, -0.25) is 0 Å². The molecular weight excluding hydrogens is 202 g/mol. The summed E-state index contributed by atoms with van der Waals surface area (Å²) >= 11 is 0. The van der Waals surface area contributed by atoms with E-state index < -0.39 is 11.9 Å². The highest BCUT2D eigenvalue weighted by Crippen LogP contribution is 2.48. The third-order valence-corrected chi connectivity index (χ3v) is 3.67. The number of halogens is 2. The van der Waals surface area contributed by atoms with Crippen LogP contribution in [0.25, 0.3) is 0 Å². The van der Waals surface area contributed by atoms with Crippen molar-refractivity contribution in [2.24, 2.45) is 17.8 Å². The van der Waals surface area contributed by atoms with Gasteiger partial charge in [-0.25, -0.2) is 4.79 Å². The van der Waals surface area contributed by atoms with Gasteiger partial charge in [0.05, 0.1) is 6.61 Å². The molecule has 15 heavy (non-hydrogen) atoms. The van der Waals surface area contributed by atoms with Gasteiger partial charge >= 0.3 is 11.9 Å². The van der Waals surface area contributed by atoms with Crippen LogP contribution in [-0.4, -0.2) is 18.5 Å². The molecule has 0 aromatic heterocycles. The van der Waals surface area contributed by atoms with Crippen molar-refractivity contribution in [3.63, 3.8) is 0 Å². The standard InChI is InChI=1S/C11H16F2O2/c1-11(12,13)10(14)15-6-8-3-2-7-4-9(8)5-7/h7-9H,2-6H2,1H3. The van der Waals surface area contributed by atoms with Crippen molar-refractivity contribution in [1.82, 2.24) is 0 Å². The van der Waals surface area contributed by atoms with Gasteiger partial charge in [0, 0.05) is 6.92 Å². The second-order valence-corrected chi connectivity index (χ2v) is 4.92. The van der Waals surface area contributed by atoms with Gasteiger partial charge in [-0.05, 0) is 37.0 Å². The minimum Gasteiger partial charge on any atom is -0.461 e. The quantitative estimate of drug-likeness (QED) is 0.681. The topological polar surface area (TPSA) is 26.3 Å². The number of esters is 1. The maximum atomic E-state index is 12.5. The monoisotopic (exact) mass is 218 g/mol. The predicted molar refractivity (Wildman–Crippen MR) is 50.5 cm³/mol. The summed E-state index contributed by atoms with van der Waals surface area (Å²) in [4.78, 5) is 10.9. The molecule has 0 spiro atoms. The number of fused-ring (bicyclic) bond motifs is 2. The average Bonchev–Trinajstić information content (AvgIpc) is 2.11. The molecule has 2 bridgehead atoms. The Morgan fingerprint density at radius 2 is 2.07 bits per heavy atom. The van der Waals surface area contributed by atoms with E-state index in [9.17, 15) is 13.6 Å². The lowest BCUT2D eigenvalue weighted by Crippen LogP contribution is -2.39. The Bertz CT molecular complexity index is 251. The summed E-state index contributed by atoms with van der Waals surface area (Å²) in [6.45, 7) is 0.759. The van der Waals surface area contributed by atoms with Crippen LogP contribution < -0.4 is 0 Å². The van der Waals surface area contributed by atoms with Crippen molar-refractivity contribution in [1.29, 1.82) is 0 Å². The third kappa shape index (κ3) is 2.29. The third-order valence-electron chi connectivity index (χ3n) is 3.67. The van der Waals surface area contributed by atoms with Crippen molar-refractivity contribution in [3.05, 3.63) is 0 Å². The van der Waals surface area contributed by atoms with Crippen LogP contribution in [0.1, 0.15) is 32.6 Å². The smallest absolute Gasteiger partial charge is 0.376 e. The Labute approximate surface area is 88.0 Å². The van der Waals surface area contributed by atoms with Crippen LogP contribution in [0.3, 0.4) is 0 Å². The summed E-state index contributed by atoms with van der Waals surface area (Å²) in [7, 11) is 0. The highest BCUT2D eigenvalue weighted by molar-refractivity contribution is 5.76. The Balaban J connectivity index is 1.76. The number of hydrogen-bond donors (Lipinski definition) is 0. The van der Waals surface area contributed by atoms with Crippen LogP contribution >= 0.6 is 0 Å². The molecule has 3 aliphatic carbocycles. The molecule has 3 aliphatic rings. The number of ether oxygens (including phenoxy) is 1. The predicted octanol–water partition coefficient (Wildman–Crippen LogP) is 2.62. The lowest BCUT2D eigenvalue weighted by atomic mass is 9.60. The lowest BCUT2D eigenvalue weighted by Gasteiger charge is -2.46. The summed E-state index contributed by atoms with van der Waals surface area (Å²) in [5.41, 5.74) is 0. The maximum Gasteiger partial charge on any atom is 0.376 e. The van der Waals surface area contributed by atoms with Gasteiger partial charge in [0.1, 0.15) is 0 Å². The SMILES string of the molecule is CC(F)(F)C(=O)OCC1CCC2CC1C2. The fraction of sp³-hybridized carbons (Fsp3) is 0.909. The first kappa shape index (κ1) is 10.8. The molecule has 1 atom stereocenters. The molecule has 4 heteroatoms. The maximum absolute atomic E-state index is 12.5. The van der Waals surface area contributed by atoms with Crippen molar-refractivity contribution in [3.8, 4) is 0 Å². The molecule has 1 unspecified atom stereocenters. The van der Waals surface area contributed by atoms with Crippen LogP contribution in [-0.2, 0) is 9.53 Å². The van der Waals surface area contributed by atoms with Gasteiger partial charge in [-0.1, -0.05) is 6.42 Å². The normalized spacial score (nSPS) is 34.5. The highest BCUT2D eigenvalue weighted by Gasteiger charge is 2.41. The molecule has 0 aliphatic heterocycles. The van der Waals surface area contributed by atoms with Gasteiger partial charge in [0.15, 0.2) is 0 Å². The minimum atomic E-state index is -3.35. The number of carbonyl (C=O) groups is 1. The number of hydrogen-bond acceptors (Lipinski definition) is 2. The number of carbonyl (C=O) groups excluding carboxylic acids is 1. The van der Waals surface area contributed by atoms with Crippen molar-refractivity contribution in [2.75, 3.05) is 6.61 Å². The Kier molecular flexibility index (Phi) is 2.69. The van der Waals surface area contributed by atoms with Crippen molar-refractivity contribution >= 4 is 5.97 Å². The largest absolute Gasteiger partial charge is 0.461 e. The van der Waals surface area contributed by atoms with Crippen LogP contribution in [0.15, 0.2) is 0 Å². The van der Waals surface area contributed by atoms with Gasteiger partial charge < -0.3 is 4.74 Å². The molecule has 0 N–H and O–H groups in total. The Morgan fingerprint density at radius 3 is 2.53 bits per heavy atom. The molecule has 3 rings (SSSR count). The van der Waals surface area contributed by atoms with E-state index >= 15 is 0 Å². The zero-order valence-electron chi connectivity index (χ0n) is 8.84. The van der Waals surface area contributed by atoms with Crippen LogP contribution in [0.2, 0.25) is 0 Å². The Hall–Kier alpha value is -0.670. The molecule has 0 heterocycles. The summed E-state index contributed by atoms with van der Waals surface area (Å²) in [6, 6.07) is 0. The van der Waals surface area contributed by atoms with Crippen LogP contribution in [0, 0.1) is 17.8 Å². The lowest BCUT2D eigenvalue weighted by molar-refractivity contribution is -0.172. The molecule has 2 nitrogen and oxygen atoms in total. The molecule has 3 saturated carbocycles. The Morgan fingerprint density at radius 1 is 1.40 bits per heavy atom. The molecule has 0 amide bonds. The van der Waals surface area contributed by atoms with E-state index in [2.05, 4.69) is 4.74 Å². The van der Waals surface area contributed by atoms with Crippen LogP contribution in [0.5, 0.6) is 0 Å². The summed E-state index contributed by atoms with van der Waals surface area (Å²) < 4.78 is 29.7. The van der Waals surface area contributed by atoms with Crippen molar-refractivity contribution < 1.29 is 18.3 Å². The number of alkyl halides is 2. The van der Waals surface area contributed by atoms with E-state index in [0.29, 0.717) is 18.8 Å². The highest BCUT2D eigenvalue weighted by atomic mass is 19.3. The summed E-state index contributed by atoms with van der Waals surface area (Å²) in [5.74, 6) is -2.95. The summed E-state index contributed by atoms with van der Waals surface area (Å²) in [5, 5.41) is 0. The first-order chi connectivity index (χ1) is 6.97. The van der Waals surface area contributed by atoms with Gasteiger partial charge in [-0.15, -0.1) is 0 Å². The van der Waals surface area contributed by atoms with Gasteiger partial charge in [-0.2, -0.15) is 8.78 Å². The molecule has 0 radical (unpaired) electrons. The second-order valence-electron chi connectivity index (χ2n) is 4.92. The minimum absolute atomic E-state index is 0.180. The molecule has 3 fully saturated rings. The van der Waals surface area contributed by atoms with E-state index in [0.717, 1.165) is 12.3 Å². The van der Waals surface area contributed by atoms with Crippen molar-refractivity contribution in [2.45, 2.75) is 38.5 Å². The summed E-state index contributed by atoms with van der Waals surface area (Å²) in [6.07, 6.45) is 4.59. The van der Waals surface area contributed by atoms with Gasteiger partial charge in [0.2, 0.25) is 0 Å². The zero-order valence-corrected chi connectivity index (χ0v) is 8.84. The second kappa shape index (κ2) is 3.72.